The summed E-state index contributed by atoms with van der Waals surface area (Å²) in [5.41, 5.74) is 2.48. The van der Waals surface area contributed by atoms with Crippen LogP contribution >= 0.6 is 0 Å². The molecular formula is C13H19N3. The first-order valence-electron chi connectivity index (χ1n) is 6.10. The van der Waals surface area contributed by atoms with Crippen LogP contribution in [0.2, 0.25) is 0 Å². The average molecular weight is 217 g/mol. The van der Waals surface area contributed by atoms with Gasteiger partial charge in [-0.15, -0.1) is 0 Å². The lowest BCUT2D eigenvalue weighted by molar-refractivity contribution is 0.701. The maximum atomic E-state index is 4.48. The highest BCUT2D eigenvalue weighted by Gasteiger charge is 2.06. The van der Waals surface area contributed by atoms with Gasteiger partial charge in [-0.3, -0.25) is 9.98 Å². The number of hydrogen-bond donors (Lipinski definition) is 1. The predicted octanol–water partition coefficient (Wildman–Crippen LogP) is 2.32. The van der Waals surface area contributed by atoms with E-state index in [0.717, 1.165) is 37.5 Å². The molecule has 3 heteroatoms. The molecule has 0 saturated carbocycles. The summed E-state index contributed by atoms with van der Waals surface area (Å²) in [6.07, 6.45) is 6.48. The lowest BCUT2D eigenvalue weighted by Crippen LogP contribution is -2.26. The normalized spacial score (nSPS) is 15.7. The van der Waals surface area contributed by atoms with Crippen LogP contribution in [0.5, 0.6) is 0 Å². The Morgan fingerprint density at radius 1 is 1.38 bits per heavy atom. The Hall–Kier alpha value is -1.38. The van der Waals surface area contributed by atoms with Crippen molar-refractivity contribution >= 4 is 5.84 Å². The summed E-state index contributed by atoms with van der Waals surface area (Å²) in [5.74, 6) is 1.15. The van der Waals surface area contributed by atoms with Gasteiger partial charge in [-0.25, -0.2) is 0 Å². The number of amidine groups is 1. The number of rotatable bonds is 3. The van der Waals surface area contributed by atoms with Gasteiger partial charge >= 0.3 is 0 Å². The molecule has 2 rings (SSSR count). The smallest absolute Gasteiger partial charge is 0.0966 e. The van der Waals surface area contributed by atoms with Gasteiger partial charge in [0.05, 0.1) is 18.1 Å². The highest BCUT2D eigenvalue weighted by molar-refractivity contribution is 5.82. The Kier molecular flexibility index (Phi) is 3.91. The van der Waals surface area contributed by atoms with Gasteiger partial charge in [0.25, 0.3) is 0 Å². The highest BCUT2D eigenvalue weighted by Crippen LogP contribution is 2.08. The lowest BCUT2D eigenvalue weighted by atomic mass is 10.1. The third-order valence-corrected chi connectivity index (χ3v) is 2.95. The second kappa shape index (κ2) is 5.64. The standard InChI is InChI=1S/C13H19N3/c1-2-11-6-5-9-14-12(11)10-16-13-7-3-4-8-15-13/h5-6,9H,2-4,7-8,10H2,1H3,(H,15,16). The number of aliphatic imine (C=N–C) groups is 1. The molecule has 0 spiro atoms. The monoisotopic (exact) mass is 217 g/mol. The SMILES string of the molecule is CCc1cccnc1CNC1=NCCCC1. The number of nitrogens with one attached hydrogen (secondary N) is 1. The van der Waals surface area contributed by atoms with Crippen LogP contribution in [0.4, 0.5) is 0 Å². The summed E-state index contributed by atoms with van der Waals surface area (Å²) in [7, 11) is 0. The Balaban J connectivity index is 1.96. The van der Waals surface area contributed by atoms with Gasteiger partial charge in [-0.1, -0.05) is 13.0 Å². The zero-order valence-corrected chi connectivity index (χ0v) is 9.87. The highest BCUT2D eigenvalue weighted by atomic mass is 15.0. The van der Waals surface area contributed by atoms with E-state index in [-0.39, 0.29) is 0 Å². The number of hydrogen-bond acceptors (Lipinski definition) is 3. The molecule has 0 aromatic carbocycles. The van der Waals surface area contributed by atoms with Crippen molar-refractivity contribution < 1.29 is 0 Å². The van der Waals surface area contributed by atoms with Gasteiger partial charge in [-0.05, 0) is 30.9 Å². The van der Waals surface area contributed by atoms with E-state index in [9.17, 15) is 0 Å². The second-order valence-corrected chi connectivity index (χ2v) is 4.10. The van der Waals surface area contributed by atoms with E-state index in [1.165, 1.54) is 18.4 Å². The van der Waals surface area contributed by atoms with Crippen molar-refractivity contribution in [1.82, 2.24) is 10.3 Å². The largest absolute Gasteiger partial charge is 0.368 e. The first kappa shape index (κ1) is 11.1. The molecule has 0 bridgehead atoms. The molecule has 0 amide bonds. The van der Waals surface area contributed by atoms with Gasteiger partial charge in [0.1, 0.15) is 0 Å². The minimum Gasteiger partial charge on any atom is -0.368 e. The van der Waals surface area contributed by atoms with E-state index < -0.39 is 0 Å². The summed E-state index contributed by atoms with van der Waals surface area (Å²) in [5, 5.41) is 3.40. The molecule has 1 aromatic rings. The van der Waals surface area contributed by atoms with Crippen molar-refractivity contribution in [2.75, 3.05) is 6.54 Å². The van der Waals surface area contributed by atoms with Crippen molar-refractivity contribution in [3.05, 3.63) is 29.6 Å². The average Bonchev–Trinajstić information content (AvgIpc) is 2.38. The van der Waals surface area contributed by atoms with Crippen LogP contribution in [0.15, 0.2) is 23.3 Å². The maximum absolute atomic E-state index is 4.48. The molecule has 86 valence electrons. The fourth-order valence-electron chi connectivity index (χ4n) is 1.98. The summed E-state index contributed by atoms with van der Waals surface area (Å²) >= 11 is 0. The topological polar surface area (TPSA) is 37.3 Å². The summed E-state index contributed by atoms with van der Waals surface area (Å²) < 4.78 is 0. The molecule has 16 heavy (non-hydrogen) atoms. The van der Waals surface area contributed by atoms with Crippen LogP contribution in [0.25, 0.3) is 0 Å². The second-order valence-electron chi connectivity index (χ2n) is 4.10. The molecule has 3 nitrogen and oxygen atoms in total. The van der Waals surface area contributed by atoms with E-state index in [1.54, 1.807) is 0 Å². The molecule has 1 aliphatic heterocycles. The molecule has 1 N–H and O–H groups in total. The molecule has 0 atom stereocenters. The number of pyridine rings is 1. The molecule has 0 unspecified atom stereocenters. The zero-order chi connectivity index (χ0) is 11.2. The van der Waals surface area contributed by atoms with Crippen LogP contribution in [0.1, 0.15) is 37.4 Å². The molecule has 0 saturated heterocycles. The van der Waals surface area contributed by atoms with E-state index in [1.807, 2.05) is 12.3 Å². The van der Waals surface area contributed by atoms with Gasteiger partial charge in [-0.2, -0.15) is 0 Å². The first-order valence-corrected chi connectivity index (χ1v) is 6.10. The van der Waals surface area contributed by atoms with Crippen LogP contribution in [0.3, 0.4) is 0 Å². The predicted molar refractivity (Wildman–Crippen MR) is 66.6 cm³/mol. The van der Waals surface area contributed by atoms with Gasteiger partial charge in [0.2, 0.25) is 0 Å². The summed E-state index contributed by atoms with van der Waals surface area (Å²) in [6, 6.07) is 4.15. The third kappa shape index (κ3) is 2.81. The molecule has 0 aliphatic carbocycles. The number of nitrogens with zero attached hydrogens (tertiary/aromatic N) is 2. The van der Waals surface area contributed by atoms with Crippen molar-refractivity contribution in [2.45, 2.75) is 39.2 Å². The van der Waals surface area contributed by atoms with E-state index in [2.05, 4.69) is 28.3 Å². The van der Waals surface area contributed by atoms with Crippen molar-refractivity contribution in [3.8, 4) is 0 Å². The minimum atomic E-state index is 0.808. The quantitative estimate of drug-likeness (QED) is 0.843. The molecule has 0 radical (unpaired) electrons. The molecule has 0 fully saturated rings. The zero-order valence-electron chi connectivity index (χ0n) is 9.87. The summed E-state index contributed by atoms with van der Waals surface area (Å²) in [6.45, 7) is 3.95. The first-order chi connectivity index (χ1) is 7.90. The molecular weight excluding hydrogens is 198 g/mol. The molecule has 1 aromatic heterocycles. The summed E-state index contributed by atoms with van der Waals surface area (Å²) in [4.78, 5) is 8.89. The van der Waals surface area contributed by atoms with Gasteiger partial charge in [0.15, 0.2) is 0 Å². The van der Waals surface area contributed by atoms with E-state index in [4.69, 9.17) is 0 Å². The lowest BCUT2D eigenvalue weighted by Gasteiger charge is -2.14. The van der Waals surface area contributed by atoms with Gasteiger partial charge < -0.3 is 5.32 Å². The number of aryl methyl sites for hydroxylation is 1. The Morgan fingerprint density at radius 2 is 2.31 bits per heavy atom. The molecule has 2 heterocycles. The Bertz CT molecular complexity index is 371. The number of aromatic nitrogens is 1. The minimum absolute atomic E-state index is 0.808. The Labute approximate surface area is 97.0 Å². The van der Waals surface area contributed by atoms with Crippen LogP contribution in [-0.2, 0) is 13.0 Å². The van der Waals surface area contributed by atoms with Gasteiger partial charge in [0, 0.05) is 19.2 Å². The van der Waals surface area contributed by atoms with Crippen molar-refractivity contribution in [2.24, 2.45) is 4.99 Å². The van der Waals surface area contributed by atoms with E-state index in [0.29, 0.717) is 0 Å². The van der Waals surface area contributed by atoms with Crippen molar-refractivity contribution in [1.29, 1.82) is 0 Å². The third-order valence-electron chi connectivity index (χ3n) is 2.95. The van der Waals surface area contributed by atoms with Crippen molar-refractivity contribution in [3.63, 3.8) is 0 Å². The van der Waals surface area contributed by atoms with E-state index >= 15 is 0 Å². The molecule has 1 aliphatic rings. The maximum Gasteiger partial charge on any atom is 0.0966 e. The van der Waals surface area contributed by atoms with Crippen LogP contribution in [-0.4, -0.2) is 17.4 Å². The van der Waals surface area contributed by atoms with Crippen LogP contribution in [0, 0.1) is 0 Å². The van der Waals surface area contributed by atoms with Crippen LogP contribution < -0.4 is 5.32 Å². The fourth-order valence-corrected chi connectivity index (χ4v) is 1.98. The fraction of sp³-hybridized carbons (Fsp3) is 0.538. The Morgan fingerprint density at radius 3 is 3.06 bits per heavy atom.